The second-order valence-electron chi connectivity index (χ2n) is 4.67. The zero-order valence-electron chi connectivity index (χ0n) is 10.5. The van der Waals surface area contributed by atoms with Crippen LogP contribution in [0.3, 0.4) is 0 Å². The maximum Gasteiger partial charge on any atom is 0.254 e. The van der Waals surface area contributed by atoms with Crippen molar-refractivity contribution < 1.29 is 18.0 Å². The highest BCUT2D eigenvalue weighted by molar-refractivity contribution is 7.80. The van der Waals surface area contributed by atoms with Gasteiger partial charge in [0.1, 0.15) is 0 Å². The summed E-state index contributed by atoms with van der Waals surface area (Å²) in [7, 11) is 0. The van der Waals surface area contributed by atoms with Crippen molar-refractivity contribution in [3.8, 4) is 0 Å². The van der Waals surface area contributed by atoms with Gasteiger partial charge in [-0.05, 0) is 31.4 Å². The molecule has 0 saturated carbocycles. The predicted molar refractivity (Wildman–Crippen MR) is 71.8 cm³/mol. The minimum atomic E-state index is -1.59. The van der Waals surface area contributed by atoms with Gasteiger partial charge < -0.3 is 10.6 Å². The minimum absolute atomic E-state index is 0.168. The molecule has 1 atom stereocenters. The number of likely N-dealkylation sites (tertiary alicyclic amines) is 1. The quantitative estimate of drug-likeness (QED) is 0.674. The average molecular weight is 302 g/mol. The molecule has 20 heavy (non-hydrogen) atoms. The fourth-order valence-electron chi connectivity index (χ4n) is 2.32. The number of hydrogen-bond acceptors (Lipinski definition) is 2. The Labute approximate surface area is 119 Å². The highest BCUT2D eigenvalue weighted by Gasteiger charge is 2.30. The summed E-state index contributed by atoms with van der Waals surface area (Å²) in [5.74, 6) is -4.97. The molecule has 0 radical (unpaired) electrons. The van der Waals surface area contributed by atoms with Crippen LogP contribution in [0, 0.1) is 17.5 Å². The van der Waals surface area contributed by atoms with E-state index in [0.29, 0.717) is 25.1 Å². The summed E-state index contributed by atoms with van der Waals surface area (Å²) in [6.45, 7) is 0.404. The van der Waals surface area contributed by atoms with Gasteiger partial charge in [0, 0.05) is 12.1 Å². The van der Waals surface area contributed by atoms with Gasteiger partial charge in [-0.15, -0.1) is 0 Å². The summed E-state index contributed by atoms with van der Waals surface area (Å²) in [6, 6.07) is 0.945. The van der Waals surface area contributed by atoms with Crippen LogP contribution in [0.1, 0.15) is 29.6 Å². The Balaban J connectivity index is 2.32. The molecule has 1 aliphatic heterocycles. The molecule has 0 bridgehead atoms. The lowest BCUT2D eigenvalue weighted by Gasteiger charge is -2.35. The van der Waals surface area contributed by atoms with Gasteiger partial charge in [0.15, 0.2) is 17.5 Å². The average Bonchev–Trinajstić information content (AvgIpc) is 2.43. The number of rotatable bonds is 2. The second kappa shape index (κ2) is 5.78. The first-order valence-corrected chi connectivity index (χ1v) is 6.57. The van der Waals surface area contributed by atoms with E-state index in [4.69, 9.17) is 18.0 Å². The van der Waals surface area contributed by atoms with Gasteiger partial charge in [-0.3, -0.25) is 4.79 Å². The molecule has 2 N–H and O–H groups in total. The molecule has 1 aliphatic rings. The number of nitrogens with two attached hydrogens (primary N) is 1. The molecule has 7 heteroatoms. The molecule has 1 amide bonds. The number of amides is 1. The molecule has 1 unspecified atom stereocenters. The van der Waals surface area contributed by atoms with Gasteiger partial charge in [-0.2, -0.15) is 0 Å². The van der Waals surface area contributed by atoms with Crippen LogP contribution in [0.5, 0.6) is 0 Å². The zero-order valence-corrected chi connectivity index (χ0v) is 11.4. The molecule has 2 rings (SSSR count). The van der Waals surface area contributed by atoms with E-state index in [1.54, 1.807) is 0 Å². The third-order valence-corrected chi connectivity index (χ3v) is 3.59. The fourth-order valence-corrected chi connectivity index (χ4v) is 2.56. The summed E-state index contributed by atoms with van der Waals surface area (Å²) in [5, 5.41) is 0. The van der Waals surface area contributed by atoms with Gasteiger partial charge >= 0.3 is 0 Å². The Morgan fingerprint density at radius 1 is 1.25 bits per heavy atom. The van der Waals surface area contributed by atoms with Crippen LogP contribution in [-0.4, -0.2) is 28.4 Å². The van der Waals surface area contributed by atoms with E-state index in [-0.39, 0.29) is 10.6 Å². The summed E-state index contributed by atoms with van der Waals surface area (Å²) in [4.78, 5) is 13.8. The molecule has 0 spiro atoms. The molecule has 1 saturated heterocycles. The van der Waals surface area contributed by atoms with Crippen molar-refractivity contribution in [2.24, 2.45) is 5.73 Å². The minimum Gasteiger partial charge on any atom is -0.392 e. The Bertz CT molecular complexity index is 542. The first-order chi connectivity index (χ1) is 9.41. The van der Waals surface area contributed by atoms with E-state index in [9.17, 15) is 18.0 Å². The van der Waals surface area contributed by atoms with E-state index in [1.165, 1.54) is 4.90 Å². The molecule has 1 fully saturated rings. The Hall–Kier alpha value is -1.63. The van der Waals surface area contributed by atoms with Crippen LogP contribution in [0.4, 0.5) is 13.2 Å². The summed E-state index contributed by atoms with van der Waals surface area (Å²) in [5.41, 5.74) is 5.34. The molecular weight excluding hydrogens is 289 g/mol. The third kappa shape index (κ3) is 2.77. The van der Waals surface area contributed by atoms with Crippen LogP contribution >= 0.6 is 12.2 Å². The number of hydrogen-bond donors (Lipinski definition) is 1. The Morgan fingerprint density at radius 2 is 1.85 bits per heavy atom. The van der Waals surface area contributed by atoms with Gasteiger partial charge in [-0.25, -0.2) is 13.2 Å². The molecule has 1 aromatic rings. The maximum absolute atomic E-state index is 13.2. The van der Waals surface area contributed by atoms with Crippen LogP contribution < -0.4 is 5.73 Å². The van der Waals surface area contributed by atoms with E-state index < -0.39 is 29.4 Å². The number of piperidine rings is 1. The molecule has 3 nitrogen and oxygen atoms in total. The van der Waals surface area contributed by atoms with Crippen molar-refractivity contribution in [2.75, 3.05) is 6.54 Å². The highest BCUT2D eigenvalue weighted by atomic mass is 32.1. The molecule has 108 valence electrons. The van der Waals surface area contributed by atoms with Crippen molar-refractivity contribution in [1.29, 1.82) is 0 Å². The number of carbonyl (C=O) groups is 1. The maximum atomic E-state index is 13.2. The van der Waals surface area contributed by atoms with Gasteiger partial charge in [-0.1, -0.05) is 12.2 Å². The van der Waals surface area contributed by atoms with Gasteiger partial charge in [0.2, 0.25) is 0 Å². The third-order valence-electron chi connectivity index (χ3n) is 3.32. The monoisotopic (exact) mass is 302 g/mol. The SMILES string of the molecule is NC(=S)C1CCCCN1C(=O)c1cc(F)c(F)c(F)c1. The number of halogens is 3. The molecule has 1 aromatic carbocycles. The number of nitrogens with zero attached hydrogens (tertiary/aromatic N) is 1. The van der Waals surface area contributed by atoms with Crippen molar-refractivity contribution in [3.05, 3.63) is 35.1 Å². The lowest BCUT2D eigenvalue weighted by Crippen LogP contribution is -2.49. The molecular formula is C13H13F3N2OS. The normalized spacial score (nSPS) is 18.9. The smallest absolute Gasteiger partial charge is 0.254 e. The second-order valence-corrected chi connectivity index (χ2v) is 5.14. The lowest BCUT2D eigenvalue weighted by atomic mass is 10.0. The molecule has 0 aliphatic carbocycles. The lowest BCUT2D eigenvalue weighted by molar-refractivity contribution is 0.0680. The zero-order chi connectivity index (χ0) is 14.9. The van der Waals surface area contributed by atoms with Crippen molar-refractivity contribution in [1.82, 2.24) is 4.90 Å². The van der Waals surface area contributed by atoms with Crippen molar-refractivity contribution >= 4 is 23.1 Å². The Kier molecular flexibility index (Phi) is 4.27. The predicted octanol–water partition coefficient (Wildman–Crippen LogP) is 2.38. The van der Waals surface area contributed by atoms with Crippen molar-refractivity contribution in [3.63, 3.8) is 0 Å². The van der Waals surface area contributed by atoms with Crippen LogP contribution in [0.15, 0.2) is 12.1 Å². The van der Waals surface area contributed by atoms with E-state index in [2.05, 4.69) is 0 Å². The topological polar surface area (TPSA) is 46.3 Å². The Morgan fingerprint density at radius 3 is 2.40 bits per heavy atom. The van der Waals surface area contributed by atoms with Crippen LogP contribution in [-0.2, 0) is 0 Å². The summed E-state index contributed by atoms with van der Waals surface area (Å²) >= 11 is 4.91. The number of thiocarbonyl (C=S) groups is 1. The molecule has 1 heterocycles. The van der Waals surface area contributed by atoms with Crippen LogP contribution in [0.25, 0.3) is 0 Å². The first-order valence-electron chi connectivity index (χ1n) is 6.16. The first kappa shape index (κ1) is 14.8. The molecule has 0 aromatic heterocycles. The van der Waals surface area contributed by atoms with E-state index in [1.807, 2.05) is 0 Å². The number of carbonyl (C=O) groups excluding carboxylic acids is 1. The standard InChI is InChI=1S/C13H13F3N2OS/c14-8-5-7(6-9(15)11(8)16)13(19)18-4-2-1-3-10(18)12(17)20/h5-6,10H,1-4H2,(H2,17,20). The highest BCUT2D eigenvalue weighted by Crippen LogP contribution is 2.22. The van der Waals surface area contributed by atoms with Gasteiger partial charge in [0.25, 0.3) is 5.91 Å². The summed E-state index contributed by atoms with van der Waals surface area (Å²) < 4.78 is 39.3. The number of benzene rings is 1. The van der Waals surface area contributed by atoms with Crippen molar-refractivity contribution in [2.45, 2.75) is 25.3 Å². The van der Waals surface area contributed by atoms with E-state index in [0.717, 1.165) is 12.8 Å². The fraction of sp³-hybridized carbons (Fsp3) is 0.385. The van der Waals surface area contributed by atoms with Crippen LogP contribution in [0.2, 0.25) is 0 Å². The largest absolute Gasteiger partial charge is 0.392 e. The van der Waals surface area contributed by atoms with E-state index >= 15 is 0 Å². The van der Waals surface area contributed by atoms with Gasteiger partial charge in [0.05, 0.1) is 11.0 Å². The summed E-state index contributed by atoms with van der Waals surface area (Å²) in [6.07, 6.45) is 2.25.